The molecular formula is C18H25ClN2O3S. The summed E-state index contributed by atoms with van der Waals surface area (Å²) in [5.41, 5.74) is 6.04. The molecule has 0 saturated heterocycles. The second-order valence-corrected chi connectivity index (χ2v) is 9.93. The highest BCUT2D eigenvalue weighted by Gasteiger charge is 2.40. The van der Waals surface area contributed by atoms with Gasteiger partial charge in [-0.2, -0.15) is 0 Å². The Balaban J connectivity index is 1.48. The molecule has 3 rings (SSSR count). The monoisotopic (exact) mass is 384 g/mol. The van der Waals surface area contributed by atoms with E-state index in [1.165, 1.54) is 6.07 Å². The molecule has 2 atom stereocenters. The Bertz CT molecular complexity index is 732. The average Bonchev–Trinajstić information content (AvgIpc) is 2.53. The maximum Gasteiger partial charge on any atom is 0.224 e. The number of nitrogens with one attached hydrogen (secondary N) is 1. The van der Waals surface area contributed by atoms with Crippen LogP contribution in [0.2, 0.25) is 5.02 Å². The van der Waals surface area contributed by atoms with E-state index in [0.717, 1.165) is 25.7 Å². The van der Waals surface area contributed by atoms with Crippen molar-refractivity contribution in [1.82, 2.24) is 5.32 Å². The van der Waals surface area contributed by atoms with E-state index in [1.807, 2.05) is 0 Å². The second-order valence-electron chi connectivity index (χ2n) is 7.26. The Morgan fingerprint density at radius 2 is 1.96 bits per heavy atom. The Morgan fingerprint density at radius 1 is 1.24 bits per heavy atom. The van der Waals surface area contributed by atoms with Crippen molar-refractivity contribution in [1.29, 1.82) is 0 Å². The summed E-state index contributed by atoms with van der Waals surface area (Å²) in [6, 6.07) is 6.34. The molecule has 0 heterocycles. The Kier molecular flexibility index (Phi) is 5.71. The standard InChI is InChI=1S/C18H25ClN2O3S/c19-13-4-3-5-14(10-13)25(23,24)15-8-12(9-15)11-21-18(22)16-6-1-2-7-17(16)20/h3-5,10,12,15-17H,1-2,6-9,11,20H2,(H,21,22)/t12-,15-,16-,17-/m1/s1. The van der Waals surface area contributed by atoms with Gasteiger partial charge >= 0.3 is 0 Å². The van der Waals surface area contributed by atoms with Crippen LogP contribution in [-0.2, 0) is 14.6 Å². The lowest BCUT2D eigenvalue weighted by molar-refractivity contribution is -0.126. The van der Waals surface area contributed by atoms with Crippen LogP contribution >= 0.6 is 11.6 Å². The Labute approximate surface area is 154 Å². The van der Waals surface area contributed by atoms with Gasteiger partial charge in [-0.3, -0.25) is 4.79 Å². The van der Waals surface area contributed by atoms with Crippen molar-refractivity contribution in [2.45, 2.75) is 54.7 Å². The van der Waals surface area contributed by atoms with Crippen molar-refractivity contribution < 1.29 is 13.2 Å². The van der Waals surface area contributed by atoms with Crippen LogP contribution in [0.1, 0.15) is 38.5 Å². The molecule has 2 aliphatic carbocycles. The molecule has 1 amide bonds. The van der Waals surface area contributed by atoms with Crippen molar-refractivity contribution in [3.05, 3.63) is 29.3 Å². The molecule has 2 saturated carbocycles. The van der Waals surface area contributed by atoms with Gasteiger partial charge < -0.3 is 11.1 Å². The number of hydrogen-bond acceptors (Lipinski definition) is 4. The van der Waals surface area contributed by atoms with Crippen molar-refractivity contribution >= 4 is 27.3 Å². The lowest BCUT2D eigenvalue weighted by Crippen LogP contribution is -2.47. The van der Waals surface area contributed by atoms with Gasteiger partial charge in [-0.25, -0.2) is 8.42 Å². The summed E-state index contributed by atoms with van der Waals surface area (Å²) >= 11 is 5.89. The van der Waals surface area contributed by atoms with Gasteiger partial charge in [-0.15, -0.1) is 0 Å². The second kappa shape index (κ2) is 7.64. The number of halogens is 1. The molecule has 2 fully saturated rings. The zero-order valence-corrected chi connectivity index (χ0v) is 15.7. The van der Waals surface area contributed by atoms with E-state index in [1.54, 1.807) is 18.2 Å². The summed E-state index contributed by atoms with van der Waals surface area (Å²) in [6.45, 7) is 0.531. The van der Waals surface area contributed by atoms with Crippen LogP contribution in [0.3, 0.4) is 0 Å². The fraction of sp³-hybridized carbons (Fsp3) is 0.611. The molecule has 1 aromatic rings. The smallest absolute Gasteiger partial charge is 0.224 e. The minimum atomic E-state index is -3.34. The molecule has 0 radical (unpaired) electrons. The van der Waals surface area contributed by atoms with Gasteiger partial charge in [0, 0.05) is 17.6 Å². The SMILES string of the molecule is N[C@@H]1CCCC[C@H]1C(=O)NC[C@H]1C[C@H](S(=O)(=O)c2cccc(Cl)c2)C1. The van der Waals surface area contributed by atoms with E-state index in [0.29, 0.717) is 24.4 Å². The van der Waals surface area contributed by atoms with Crippen molar-refractivity contribution in [2.75, 3.05) is 6.54 Å². The van der Waals surface area contributed by atoms with E-state index in [4.69, 9.17) is 17.3 Å². The topological polar surface area (TPSA) is 89.3 Å². The number of carbonyl (C=O) groups excluding carboxylic acids is 1. The maximum absolute atomic E-state index is 12.6. The van der Waals surface area contributed by atoms with Gasteiger partial charge in [0.1, 0.15) is 0 Å². The van der Waals surface area contributed by atoms with E-state index in [2.05, 4.69) is 5.32 Å². The number of rotatable bonds is 5. The quantitative estimate of drug-likeness (QED) is 0.816. The third kappa shape index (κ3) is 4.18. The summed E-state index contributed by atoms with van der Waals surface area (Å²) in [5.74, 6) is 0.135. The van der Waals surface area contributed by atoms with Crippen LogP contribution in [0.5, 0.6) is 0 Å². The fourth-order valence-electron chi connectivity index (χ4n) is 3.79. The molecular weight excluding hydrogens is 360 g/mol. The number of carbonyl (C=O) groups is 1. The van der Waals surface area contributed by atoms with Crippen LogP contribution < -0.4 is 11.1 Å². The molecule has 3 N–H and O–H groups in total. The fourth-order valence-corrected chi connectivity index (χ4v) is 6.04. The summed E-state index contributed by atoms with van der Waals surface area (Å²) in [5, 5.41) is 3.01. The van der Waals surface area contributed by atoms with Crippen LogP contribution in [0.25, 0.3) is 0 Å². The molecule has 2 aliphatic rings. The third-order valence-electron chi connectivity index (χ3n) is 5.48. The Morgan fingerprint density at radius 3 is 2.64 bits per heavy atom. The van der Waals surface area contributed by atoms with Gasteiger partial charge in [-0.1, -0.05) is 30.5 Å². The van der Waals surface area contributed by atoms with E-state index in [-0.39, 0.29) is 33.9 Å². The number of amides is 1. The molecule has 0 aromatic heterocycles. The predicted molar refractivity (Wildman–Crippen MR) is 98.1 cm³/mol. The molecule has 1 aromatic carbocycles. The van der Waals surface area contributed by atoms with Gasteiger partial charge in [-0.05, 0) is 49.8 Å². The van der Waals surface area contributed by atoms with Crippen LogP contribution in [0.4, 0.5) is 0 Å². The zero-order chi connectivity index (χ0) is 18.0. The molecule has 5 nitrogen and oxygen atoms in total. The average molecular weight is 385 g/mol. The first-order valence-electron chi connectivity index (χ1n) is 8.90. The van der Waals surface area contributed by atoms with E-state index in [9.17, 15) is 13.2 Å². The minimum absolute atomic E-state index is 0.0216. The summed E-state index contributed by atoms with van der Waals surface area (Å²) in [7, 11) is -3.34. The minimum Gasteiger partial charge on any atom is -0.356 e. The number of benzene rings is 1. The first-order chi connectivity index (χ1) is 11.9. The Hall–Kier alpha value is -1.11. The van der Waals surface area contributed by atoms with Crippen LogP contribution in [0, 0.1) is 11.8 Å². The van der Waals surface area contributed by atoms with Crippen LogP contribution in [0.15, 0.2) is 29.2 Å². The van der Waals surface area contributed by atoms with Gasteiger partial charge in [0.15, 0.2) is 9.84 Å². The van der Waals surface area contributed by atoms with Gasteiger partial charge in [0.25, 0.3) is 0 Å². The summed E-state index contributed by atoms with van der Waals surface area (Å²) in [6.07, 6.45) is 5.05. The number of sulfone groups is 1. The largest absolute Gasteiger partial charge is 0.356 e. The highest BCUT2D eigenvalue weighted by molar-refractivity contribution is 7.92. The van der Waals surface area contributed by atoms with E-state index < -0.39 is 9.84 Å². The highest BCUT2D eigenvalue weighted by Crippen LogP contribution is 2.36. The lowest BCUT2D eigenvalue weighted by Gasteiger charge is -2.35. The molecule has 0 spiro atoms. The molecule has 7 heteroatoms. The highest BCUT2D eigenvalue weighted by atomic mass is 35.5. The third-order valence-corrected chi connectivity index (χ3v) is 7.89. The summed E-state index contributed by atoms with van der Waals surface area (Å²) in [4.78, 5) is 12.5. The first-order valence-corrected chi connectivity index (χ1v) is 10.8. The van der Waals surface area contributed by atoms with Gasteiger partial charge in [0.05, 0.1) is 16.1 Å². The summed E-state index contributed by atoms with van der Waals surface area (Å²) < 4.78 is 25.2. The molecule has 0 aliphatic heterocycles. The maximum atomic E-state index is 12.6. The van der Waals surface area contributed by atoms with E-state index >= 15 is 0 Å². The van der Waals surface area contributed by atoms with Gasteiger partial charge in [0.2, 0.25) is 5.91 Å². The normalized spacial score (nSPS) is 29.7. The molecule has 0 bridgehead atoms. The van der Waals surface area contributed by atoms with Crippen LogP contribution in [-0.4, -0.2) is 32.2 Å². The molecule has 0 unspecified atom stereocenters. The van der Waals surface area contributed by atoms with Crippen molar-refractivity contribution in [3.8, 4) is 0 Å². The lowest BCUT2D eigenvalue weighted by atomic mass is 9.83. The van der Waals surface area contributed by atoms with Crippen molar-refractivity contribution in [2.24, 2.45) is 17.6 Å². The number of hydrogen-bond donors (Lipinski definition) is 2. The first kappa shape index (κ1) is 18.7. The zero-order valence-electron chi connectivity index (χ0n) is 14.2. The number of nitrogens with two attached hydrogens (primary N) is 1. The molecule has 138 valence electrons. The van der Waals surface area contributed by atoms with Crippen molar-refractivity contribution in [3.63, 3.8) is 0 Å². The predicted octanol–water partition coefficient (Wildman–Crippen LogP) is 2.53. The molecule has 25 heavy (non-hydrogen) atoms.